The Morgan fingerprint density at radius 1 is 1.60 bits per heavy atom. The van der Waals surface area contributed by atoms with Crippen molar-refractivity contribution in [3.05, 3.63) is 18.7 Å². The second-order valence-electron chi connectivity index (χ2n) is 2.01. The summed E-state index contributed by atoms with van der Waals surface area (Å²) in [5.74, 6) is 0. The Bertz CT molecular complexity index is 192. The Labute approximate surface area is 69.1 Å². The van der Waals surface area contributed by atoms with Crippen LogP contribution in [-0.2, 0) is 11.5 Å². The Morgan fingerprint density at radius 2 is 2.30 bits per heavy atom. The lowest BCUT2D eigenvalue weighted by Crippen LogP contribution is -3.00. The maximum Gasteiger partial charge on any atom is 0.381 e. The van der Waals surface area contributed by atoms with E-state index in [1.165, 1.54) is 0 Å². The number of hydrogen-bond donors (Lipinski definition) is 0. The van der Waals surface area contributed by atoms with Gasteiger partial charge in [0.25, 0.3) is 0 Å². The fraction of sp³-hybridized carbons (Fsp3) is 0.400. The SMILES string of the molecule is CO[SiH2][n+]1ccn(C)c1.[Cl-]. The molecule has 10 heavy (non-hydrogen) atoms. The molecule has 1 aromatic heterocycles. The minimum atomic E-state index is -0.484. The molecule has 0 aliphatic carbocycles. The molecular formula is C5H11ClN2OSi. The van der Waals surface area contributed by atoms with Crippen molar-refractivity contribution in [2.45, 2.75) is 0 Å². The van der Waals surface area contributed by atoms with E-state index in [-0.39, 0.29) is 12.4 Å². The molecule has 0 radical (unpaired) electrons. The predicted molar refractivity (Wildman–Crippen MR) is 36.6 cm³/mol. The highest BCUT2D eigenvalue weighted by molar-refractivity contribution is 6.14. The standard InChI is InChI=1S/C5H11N2OSi.ClH/c1-6-3-4-7(5-6)9-8-2;/h3-5H,9H2,1-2H3;1H/q+1;/p-1. The van der Waals surface area contributed by atoms with Gasteiger partial charge in [0.1, 0.15) is 12.4 Å². The van der Waals surface area contributed by atoms with Crippen LogP contribution in [0.25, 0.3) is 0 Å². The minimum absolute atomic E-state index is 0. The molecule has 5 heteroatoms. The smallest absolute Gasteiger partial charge is 0.381 e. The molecule has 0 amide bonds. The van der Waals surface area contributed by atoms with Gasteiger partial charge < -0.3 is 16.8 Å². The lowest BCUT2D eigenvalue weighted by Gasteiger charge is -1.87. The zero-order chi connectivity index (χ0) is 6.69. The second kappa shape index (κ2) is 4.49. The Hall–Kier alpha value is -0.323. The number of rotatable bonds is 2. The average molecular weight is 179 g/mol. The minimum Gasteiger partial charge on any atom is -1.00 e. The topological polar surface area (TPSA) is 18.0 Å². The first-order chi connectivity index (χ1) is 4.33. The van der Waals surface area contributed by atoms with Gasteiger partial charge in [-0.05, 0) is 0 Å². The summed E-state index contributed by atoms with van der Waals surface area (Å²) in [6.45, 7) is 0. The highest BCUT2D eigenvalue weighted by Crippen LogP contribution is 1.73. The summed E-state index contributed by atoms with van der Waals surface area (Å²) in [7, 11) is 3.26. The van der Waals surface area contributed by atoms with E-state index in [0.717, 1.165) is 0 Å². The molecule has 58 valence electrons. The Kier molecular flexibility index (Phi) is 4.34. The molecule has 0 aromatic carbocycles. The van der Waals surface area contributed by atoms with Gasteiger partial charge in [0, 0.05) is 7.11 Å². The van der Waals surface area contributed by atoms with E-state index in [1.54, 1.807) is 7.11 Å². The van der Waals surface area contributed by atoms with Gasteiger partial charge >= 0.3 is 9.92 Å². The first-order valence-electron chi connectivity index (χ1n) is 2.83. The van der Waals surface area contributed by atoms with Crippen molar-refractivity contribution in [1.29, 1.82) is 0 Å². The molecule has 0 saturated heterocycles. The lowest BCUT2D eigenvalue weighted by atomic mass is 10.9. The Morgan fingerprint density at radius 3 is 2.70 bits per heavy atom. The average Bonchev–Trinajstić information content (AvgIpc) is 2.17. The molecule has 0 bridgehead atoms. The van der Waals surface area contributed by atoms with Crippen LogP contribution in [0.3, 0.4) is 0 Å². The molecule has 1 heterocycles. The van der Waals surface area contributed by atoms with Crippen LogP contribution in [0.4, 0.5) is 0 Å². The molecule has 0 unspecified atom stereocenters. The molecule has 0 aliphatic heterocycles. The van der Waals surface area contributed by atoms with E-state index in [0.29, 0.717) is 0 Å². The Balaban J connectivity index is 0.000000810. The van der Waals surface area contributed by atoms with Crippen LogP contribution in [0, 0.1) is 0 Å². The van der Waals surface area contributed by atoms with Crippen LogP contribution in [0.2, 0.25) is 0 Å². The maximum absolute atomic E-state index is 5.03. The normalized spacial score (nSPS) is 10.2. The van der Waals surface area contributed by atoms with Crippen LogP contribution in [0.1, 0.15) is 0 Å². The molecular weight excluding hydrogens is 168 g/mol. The van der Waals surface area contributed by atoms with Gasteiger partial charge in [0.15, 0.2) is 0 Å². The highest BCUT2D eigenvalue weighted by Gasteiger charge is 1.96. The summed E-state index contributed by atoms with van der Waals surface area (Å²) < 4.78 is 9.13. The fourth-order valence-corrected chi connectivity index (χ4v) is 1.53. The van der Waals surface area contributed by atoms with Crippen LogP contribution in [-0.4, -0.2) is 21.6 Å². The van der Waals surface area contributed by atoms with E-state index in [9.17, 15) is 0 Å². The van der Waals surface area contributed by atoms with Gasteiger partial charge in [0.05, 0.1) is 7.05 Å². The van der Waals surface area contributed by atoms with Gasteiger partial charge in [-0.25, -0.2) is 4.57 Å². The molecule has 0 fully saturated rings. The van der Waals surface area contributed by atoms with Crippen molar-refractivity contribution in [2.75, 3.05) is 7.11 Å². The van der Waals surface area contributed by atoms with E-state index < -0.39 is 9.92 Å². The van der Waals surface area contributed by atoms with Crippen LogP contribution < -0.4 is 16.6 Å². The quantitative estimate of drug-likeness (QED) is 0.421. The molecule has 0 saturated carbocycles. The third-order valence-corrected chi connectivity index (χ3v) is 2.03. The van der Waals surface area contributed by atoms with Crippen molar-refractivity contribution in [3.63, 3.8) is 0 Å². The molecule has 1 rings (SSSR count). The van der Waals surface area contributed by atoms with Crippen LogP contribution >= 0.6 is 0 Å². The van der Waals surface area contributed by atoms with Gasteiger partial charge in [-0.2, -0.15) is 0 Å². The molecule has 0 N–H and O–H groups in total. The molecule has 0 spiro atoms. The number of aryl methyl sites for hydroxylation is 1. The summed E-state index contributed by atoms with van der Waals surface area (Å²) in [6.07, 6.45) is 6.05. The monoisotopic (exact) mass is 178 g/mol. The number of imidazole rings is 1. The van der Waals surface area contributed by atoms with E-state index in [4.69, 9.17) is 4.43 Å². The third kappa shape index (κ3) is 2.51. The van der Waals surface area contributed by atoms with E-state index in [1.807, 2.05) is 30.3 Å². The zero-order valence-electron chi connectivity index (χ0n) is 6.12. The number of nitrogens with zero attached hydrogens (tertiary/aromatic N) is 2. The van der Waals surface area contributed by atoms with Crippen molar-refractivity contribution in [2.24, 2.45) is 7.05 Å². The van der Waals surface area contributed by atoms with E-state index >= 15 is 0 Å². The van der Waals surface area contributed by atoms with Crippen LogP contribution in [0.15, 0.2) is 18.7 Å². The second-order valence-corrected chi connectivity index (χ2v) is 3.58. The number of halogens is 1. The molecule has 0 aliphatic rings. The number of aromatic nitrogens is 2. The lowest BCUT2D eigenvalue weighted by molar-refractivity contribution is -0.540. The number of hydrogen-bond acceptors (Lipinski definition) is 1. The zero-order valence-corrected chi connectivity index (χ0v) is 8.29. The van der Waals surface area contributed by atoms with Crippen molar-refractivity contribution in [3.8, 4) is 0 Å². The maximum atomic E-state index is 5.03. The third-order valence-electron chi connectivity index (χ3n) is 1.10. The molecule has 3 nitrogen and oxygen atoms in total. The first-order valence-corrected chi connectivity index (χ1v) is 4.04. The summed E-state index contributed by atoms with van der Waals surface area (Å²) in [5, 5.41) is 0. The van der Waals surface area contributed by atoms with Gasteiger partial charge in [-0.3, -0.25) is 4.23 Å². The van der Waals surface area contributed by atoms with E-state index in [2.05, 4.69) is 4.23 Å². The largest absolute Gasteiger partial charge is 1.00 e. The van der Waals surface area contributed by atoms with Gasteiger partial charge in [-0.1, -0.05) is 0 Å². The summed E-state index contributed by atoms with van der Waals surface area (Å²) in [5.41, 5.74) is 0. The van der Waals surface area contributed by atoms with Crippen molar-refractivity contribution >= 4 is 9.92 Å². The van der Waals surface area contributed by atoms with Crippen molar-refractivity contribution in [1.82, 2.24) is 4.57 Å². The fourth-order valence-electron chi connectivity index (χ4n) is 0.727. The molecule has 0 atom stereocenters. The van der Waals surface area contributed by atoms with Crippen LogP contribution in [0.5, 0.6) is 0 Å². The predicted octanol–water partition coefficient (Wildman–Crippen LogP) is -4.19. The summed E-state index contributed by atoms with van der Waals surface area (Å²) in [4.78, 5) is 0. The summed E-state index contributed by atoms with van der Waals surface area (Å²) in [6, 6.07) is 0. The summed E-state index contributed by atoms with van der Waals surface area (Å²) >= 11 is 0. The van der Waals surface area contributed by atoms with Gasteiger partial charge in [-0.15, -0.1) is 0 Å². The molecule has 1 aromatic rings. The first kappa shape index (κ1) is 9.68. The highest BCUT2D eigenvalue weighted by atomic mass is 35.5. The van der Waals surface area contributed by atoms with Gasteiger partial charge in [0.2, 0.25) is 6.33 Å². The van der Waals surface area contributed by atoms with Crippen molar-refractivity contribution < 1.29 is 21.1 Å².